The first-order valence-electron chi connectivity index (χ1n) is 6.30. The molecule has 0 aliphatic carbocycles. The number of allylic oxidation sites excluding steroid dienone is 1. The van der Waals surface area contributed by atoms with Crippen LogP contribution in [0.3, 0.4) is 0 Å². The highest BCUT2D eigenvalue weighted by atomic mass is 16.1. The number of aromatic nitrogens is 1. The average Bonchev–Trinajstić information content (AvgIpc) is 2.91. The van der Waals surface area contributed by atoms with Crippen LogP contribution in [0.15, 0.2) is 54.4 Å². The van der Waals surface area contributed by atoms with Crippen molar-refractivity contribution in [2.75, 3.05) is 5.32 Å². The summed E-state index contributed by atoms with van der Waals surface area (Å²) < 4.78 is 1.99. The summed E-state index contributed by atoms with van der Waals surface area (Å²) in [6, 6.07) is 9.95. The zero-order chi connectivity index (χ0) is 13.8. The van der Waals surface area contributed by atoms with Gasteiger partial charge in [-0.3, -0.25) is 4.79 Å². The average molecular weight is 254 g/mol. The Hall–Kier alpha value is -2.29. The van der Waals surface area contributed by atoms with Gasteiger partial charge in [0.25, 0.3) is 5.91 Å². The molecule has 0 radical (unpaired) electrons. The standard InChI is InChI=1S/C16H18N2O/c1-4-13(3)16(19)17-14-11-12(2)7-8-15(14)18-9-5-6-10-18/h4-11H,1-3H3,(H,17,19)/b13-4-. The fraction of sp³-hybridized carbons (Fsp3) is 0.188. The van der Waals surface area contributed by atoms with Crippen LogP contribution in [0.5, 0.6) is 0 Å². The maximum Gasteiger partial charge on any atom is 0.251 e. The van der Waals surface area contributed by atoms with E-state index >= 15 is 0 Å². The van der Waals surface area contributed by atoms with Crippen LogP contribution in [0.25, 0.3) is 5.69 Å². The molecule has 3 nitrogen and oxygen atoms in total. The van der Waals surface area contributed by atoms with Gasteiger partial charge in [-0.05, 0) is 50.6 Å². The van der Waals surface area contributed by atoms with Crippen molar-refractivity contribution < 1.29 is 4.79 Å². The van der Waals surface area contributed by atoms with E-state index in [-0.39, 0.29) is 5.91 Å². The largest absolute Gasteiger partial charge is 0.322 e. The highest BCUT2D eigenvalue weighted by Gasteiger charge is 2.09. The molecule has 0 unspecified atom stereocenters. The second-order valence-electron chi connectivity index (χ2n) is 4.54. The van der Waals surface area contributed by atoms with Crippen molar-refractivity contribution in [2.24, 2.45) is 0 Å². The Morgan fingerprint density at radius 2 is 1.95 bits per heavy atom. The Bertz CT molecular complexity index is 610. The van der Waals surface area contributed by atoms with E-state index in [1.54, 1.807) is 13.0 Å². The molecular weight excluding hydrogens is 236 g/mol. The number of carbonyl (C=O) groups is 1. The van der Waals surface area contributed by atoms with Crippen LogP contribution in [0.1, 0.15) is 19.4 Å². The predicted octanol–water partition coefficient (Wildman–Crippen LogP) is 3.69. The molecular formula is C16H18N2O. The van der Waals surface area contributed by atoms with Gasteiger partial charge in [0.1, 0.15) is 0 Å². The Morgan fingerprint density at radius 1 is 1.26 bits per heavy atom. The van der Waals surface area contributed by atoms with E-state index in [0.29, 0.717) is 5.57 Å². The minimum Gasteiger partial charge on any atom is -0.322 e. The maximum atomic E-state index is 12.0. The number of nitrogens with zero attached hydrogens (tertiary/aromatic N) is 1. The zero-order valence-corrected chi connectivity index (χ0v) is 11.5. The second kappa shape index (κ2) is 5.57. The zero-order valence-electron chi connectivity index (χ0n) is 11.5. The van der Waals surface area contributed by atoms with Crippen LogP contribution in [0.2, 0.25) is 0 Å². The quantitative estimate of drug-likeness (QED) is 0.833. The Kier molecular flexibility index (Phi) is 3.85. The molecule has 2 rings (SSSR count). The molecule has 3 heteroatoms. The summed E-state index contributed by atoms with van der Waals surface area (Å²) in [5, 5.41) is 2.96. The summed E-state index contributed by atoms with van der Waals surface area (Å²) in [6.07, 6.45) is 5.73. The normalized spacial score (nSPS) is 11.4. The molecule has 0 bridgehead atoms. The second-order valence-corrected chi connectivity index (χ2v) is 4.54. The summed E-state index contributed by atoms with van der Waals surface area (Å²) in [6.45, 7) is 5.68. The van der Waals surface area contributed by atoms with Crippen molar-refractivity contribution in [1.29, 1.82) is 0 Å². The molecule has 1 heterocycles. The van der Waals surface area contributed by atoms with Gasteiger partial charge in [0, 0.05) is 18.0 Å². The summed E-state index contributed by atoms with van der Waals surface area (Å²) in [4.78, 5) is 12.0. The smallest absolute Gasteiger partial charge is 0.251 e. The van der Waals surface area contributed by atoms with E-state index in [9.17, 15) is 4.79 Å². The first-order chi connectivity index (χ1) is 9.11. The Balaban J connectivity index is 2.39. The van der Waals surface area contributed by atoms with Gasteiger partial charge in [-0.15, -0.1) is 0 Å². The van der Waals surface area contributed by atoms with E-state index in [4.69, 9.17) is 0 Å². The van der Waals surface area contributed by atoms with Gasteiger partial charge in [-0.1, -0.05) is 12.1 Å². The van der Waals surface area contributed by atoms with Crippen LogP contribution in [0.4, 0.5) is 5.69 Å². The molecule has 0 aliphatic rings. The molecule has 0 atom stereocenters. The molecule has 1 aromatic heterocycles. The van der Waals surface area contributed by atoms with E-state index in [1.807, 2.05) is 61.1 Å². The molecule has 2 aromatic rings. The Labute approximate surface area is 113 Å². The monoisotopic (exact) mass is 254 g/mol. The molecule has 0 saturated carbocycles. The van der Waals surface area contributed by atoms with Gasteiger partial charge in [0.2, 0.25) is 0 Å². The van der Waals surface area contributed by atoms with Crippen LogP contribution in [-0.4, -0.2) is 10.5 Å². The molecule has 0 fully saturated rings. The van der Waals surface area contributed by atoms with Crippen molar-refractivity contribution in [3.05, 3.63) is 59.9 Å². The molecule has 1 amide bonds. The predicted molar refractivity (Wildman–Crippen MR) is 78.6 cm³/mol. The third-order valence-electron chi connectivity index (χ3n) is 3.07. The fourth-order valence-electron chi connectivity index (χ4n) is 1.82. The third-order valence-corrected chi connectivity index (χ3v) is 3.07. The van der Waals surface area contributed by atoms with Crippen LogP contribution in [0, 0.1) is 6.92 Å². The summed E-state index contributed by atoms with van der Waals surface area (Å²) in [5.41, 5.74) is 3.61. The molecule has 1 N–H and O–H groups in total. The van der Waals surface area contributed by atoms with Crippen LogP contribution in [-0.2, 0) is 4.79 Å². The lowest BCUT2D eigenvalue weighted by molar-refractivity contribution is -0.112. The van der Waals surface area contributed by atoms with Crippen molar-refractivity contribution in [2.45, 2.75) is 20.8 Å². The van der Waals surface area contributed by atoms with E-state index < -0.39 is 0 Å². The number of rotatable bonds is 3. The third kappa shape index (κ3) is 2.94. The van der Waals surface area contributed by atoms with Crippen molar-refractivity contribution in [1.82, 2.24) is 4.57 Å². The number of benzene rings is 1. The van der Waals surface area contributed by atoms with Gasteiger partial charge >= 0.3 is 0 Å². The first-order valence-corrected chi connectivity index (χ1v) is 6.30. The van der Waals surface area contributed by atoms with Gasteiger partial charge in [-0.2, -0.15) is 0 Å². The Morgan fingerprint density at radius 3 is 2.58 bits per heavy atom. The molecule has 1 aromatic carbocycles. The lowest BCUT2D eigenvalue weighted by atomic mass is 10.1. The van der Waals surface area contributed by atoms with Gasteiger partial charge in [0.05, 0.1) is 11.4 Å². The highest BCUT2D eigenvalue weighted by Crippen LogP contribution is 2.22. The highest BCUT2D eigenvalue weighted by molar-refractivity contribution is 6.04. The van der Waals surface area contributed by atoms with Crippen LogP contribution >= 0.6 is 0 Å². The number of aryl methyl sites for hydroxylation is 1. The number of amides is 1. The number of hydrogen-bond donors (Lipinski definition) is 1. The van der Waals surface area contributed by atoms with Gasteiger partial charge in [0.15, 0.2) is 0 Å². The van der Waals surface area contributed by atoms with Gasteiger partial charge < -0.3 is 9.88 Å². The minimum absolute atomic E-state index is 0.0680. The van der Waals surface area contributed by atoms with Crippen molar-refractivity contribution in [3.8, 4) is 5.69 Å². The van der Waals surface area contributed by atoms with Gasteiger partial charge in [-0.25, -0.2) is 0 Å². The van der Waals surface area contributed by atoms with Crippen LogP contribution < -0.4 is 5.32 Å². The summed E-state index contributed by atoms with van der Waals surface area (Å²) in [7, 11) is 0. The summed E-state index contributed by atoms with van der Waals surface area (Å²) >= 11 is 0. The molecule has 0 aliphatic heterocycles. The minimum atomic E-state index is -0.0680. The molecule has 0 spiro atoms. The fourth-order valence-corrected chi connectivity index (χ4v) is 1.82. The SMILES string of the molecule is C/C=C(/C)C(=O)Nc1cc(C)ccc1-n1cccc1. The number of carbonyl (C=O) groups excluding carboxylic acids is 1. The topological polar surface area (TPSA) is 34.0 Å². The van der Waals surface area contributed by atoms with Crippen molar-refractivity contribution in [3.63, 3.8) is 0 Å². The number of hydrogen-bond acceptors (Lipinski definition) is 1. The van der Waals surface area contributed by atoms with E-state index in [1.165, 1.54) is 0 Å². The molecule has 19 heavy (non-hydrogen) atoms. The van der Waals surface area contributed by atoms with E-state index in [2.05, 4.69) is 5.32 Å². The van der Waals surface area contributed by atoms with E-state index in [0.717, 1.165) is 16.9 Å². The van der Waals surface area contributed by atoms with Crippen molar-refractivity contribution >= 4 is 11.6 Å². The summed E-state index contributed by atoms with van der Waals surface area (Å²) in [5.74, 6) is -0.0680. The first kappa shape index (κ1) is 13.1. The maximum absolute atomic E-state index is 12.0. The lowest BCUT2D eigenvalue weighted by Crippen LogP contribution is -2.14. The number of anilines is 1. The number of nitrogens with one attached hydrogen (secondary N) is 1. The molecule has 98 valence electrons. The lowest BCUT2D eigenvalue weighted by Gasteiger charge is -2.13. The molecule has 0 saturated heterocycles.